The predicted molar refractivity (Wildman–Crippen MR) is 82.2 cm³/mol. The minimum atomic E-state index is -2.41. The fourth-order valence-corrected chi connectivity index (χ4v) is 2.66. The second kappa shape index (κ2) is 7.26. The highest BCUT2D eigenvalue weighted by Crippen LogP contribution is 2.25. The smallest absolute Gasteiger partial charge is 0.284 e. The number of furan rings is 1. The summed E-state index contributed by atoms with van der Waals surface area (Å²) in [5, 5.41) is 3.07. The SMILES string of the molecule is Cc1cc(Br)c(F)cc1NCc1ccc(CSC(F)F)o1. The van der Waals surface area contributed by atoms with Crippen molar-refractivity contribution in [1.82, 2.24) is 0 Å². The second-order valence-electron chi connectivity index (χ2n) is 4.37. The Hall–Kier alpha value is -1.08. The molecule has 0 saturated heterocycles. The number of hydrogen-bond donors (Lipinski definition) is 1. The van der Waals surface area contributed by atoms with Crippen LogP contribution in [0.25, 0.3) is 0 Å². The first kappa shape index (κ1) is 16.3. The molecule has 0 unspecified atom stereocenters. The molecule has 0 aliphatic carbocycles. The van der Waals surface area contributed by atoms with Crippen molar-refractivity contribution in [2.45, 2.75) is 25.0 Å². The van der Waals surface area contributed by atoms with Gasteiger partial charge in [-0.25, -0.2) is 4.39 Å². The lowest BCUT2D eigenvalue weighted by Gasteiger charge is -2.09. The van der Waals surface area contributed by atoms with E-state index in [2.05, 4.69) is 21.2 Å². The van der Waals surface area contributed by atoms with E-state index in [1.54, 1.807) is 18.2 Å². The number of rotatable bonds is 6. The molecule has 0 atom stereocenters. The zero-order chi connectivity index (χ0) is 15.4. The van der Waals surface area contributed by atoms with Gasteiger partial charge in [0.2, 0.25) is 0 Å². The maximum absolute atomic E-state index is 13.5. The van der Waals surface area contributed by atoms with Crippen LogP contribution in [0.1, 0.15) is 17.1 Å². The summed E-state index contributed by atoms with van der Waals surface area (Å²) in [4.78, 5) is 0. The Morgan fingerprint density at radius 1 is 1.29 bits per heavy atom. The fourth-order valence-electron chi connectivity index (χ4n) is 1.76. The van der Waals surface area contributed by atoms with Crippen molar-refractivity contribution >= 4 is 33.4 Å². The third kappa shape index (κ3) is 4.71. The van der Waals surface area contributed by atoms with Crippen LogP contribution < -0.4 is 5.32 Å². The van der Waals surface area contributed by atoms with E-state index < -0.39 is 5.76 Å². The van der Waals surface area contributed by atoms with Crippen LogP contribution in [0.4, 0.5) is 18.9 Å². The molecule has 1 aromatic heterocycles. The van der Waals surface area contributed by atoms with E-state index in [-0.39, 0.29) is 11.6 Å². The van der Waals surface area contributed by atoms with Crippen LogP contribution in [-0.2, 0) is 12.3 Å². The van der Waals surface area contributed by atoms with Crippen molar-refractivity contribution in [2.24, 2.45) is 0 Å². The Bertz CT molecular complexity index is 618. The number of thioether (sulfide) groups is 1. The van der Waals surface area contributed by atoms with Gasteiger partial charge in [0.05, 0.1) is 16.8 Å². The predicted octanol–water partition coefficient (Wildman–Crippen LogP) is 5.56. The van der Waals surface area contributed by atoms with E-state index in [4.69, 9.17) is 4.42 Å². The lowest BCUT2D eigenvalue weighted by Crippen LogP contribution is -2.01. The van der Waals surface area contributed by atoms with Gasteiger partial charge < -0.3 is 9.73 Å². The fraction of sp³-hybridized carbons (Fsp3) is 0.286. The maximum atomic E-state index is 13.5. The van der Waals surface area contributed by atoms with Gasteiger partial charge in [-0.3, -0.25) is 0 Å². The number of nitrogens with one attached hydrogen (secondary N) is 1. The van der Waals surface area contributed by atoms with Crippen molar-refractivity contribution < 1.29 is 17.6 Å². The summed E-state index contributed by atoms with van der Waals surface area (Å²) in [5.74, 6) is -1.52. The van der Waals surface area contributed by atoms with Gasteiger partial charge in [-0.15, -0.1) is 0 Å². The summed E-state index contributed by atoms with van der Waals surface area (Å²) in [5.41, 5.74) is 1.55. The van der Waals surface area contributed by atoms with Crippen LogP contribution in [0.5, 0.6) is 0 Å². The molecular weight excluding hydrogens is 367 g/mol. The molecule has 1 N–H and O–H groups in total. The highest BCUT2D eigenvalue weighted by molar-refractivity contribution is 9.10. The van der Waals surface area contributed by atoms with Gasteiger partial charge in [-0.2, -0.15) is 8.78 Å². The van der Waals surface area contributed by atoms with Gasteiger partial charge in [-0.05, 0) is 52.7 Å². The Labute approximate surface area is 133 Å². The highest BCUT2D eigenvalue weighted by atomic mass is 79.9. The molecular formula is C14H13BrF3NOS. The largest absolute Gasteiger partial charge is 0.463 e. The van der Waals surface area contributed by atoms with Crippen LogP contribution >= 0.6 is 27.7 Å². The van der Waals surface area contributed by atoms with Crippen molar-refractivity contribution in [3.63, 3.8) is 0 Å². The number of aryl methyl sites for hydroxylation is 1. The Kier molecular flexibility index (Phi) is 5.64. The number of alkyl halides is 2. The second-order valence-corrected chi connectivity index (χ2v) is 6.21. The van der Waals surface area contributed by atoms with Crippen molar-refractivity contribution in [3.05, 3.63) is 51.6 Å². The summed E-state index contributed by atoms with van der Waals surface area (Å²) < 4.78 is 43.5. The topological polar surface area (TPSA) is 25.2 Å². The average Bonchev–Trinajstić information content (AvgIpc) is 2.87. The molecule has 2 aromatic rings. The molecule has 0 spiro atoms. The molecule has 2 nitrogen and oxygen atoms in total. The molecule has 0 radical (unpaired) electrons. The Morgan fingerprint density at radius 3 is 2.71 bits per heavy atom. The first-order valence-corrected chi connectivity index (χ1v) is 7.96. The van der Waals surface area contributed by atoms with E-state index in [0.717, 1.165) is 5.56 Å². The van der Waals surface area contributed by atoms with Gasteiger partial charge in [0, 0.05) is 5.69 Å². The molecule has 0 fully saturated rings. The quantitative estimate of drug-likeness (QED) is 0.711. The molecule has 0 amide bonds. The van der Waals surface area contributed by atoms with Crippen LogP contribution in [0.15, 0.2) is 33.2 Å². The number of hydrogen-bond acceptors (Lipinski definition) is 3. The summed E-state index contributed by atoms with van der Waals surface area (Å²) in [6, 6.07) is 6.47. The first-order valence-electron chi connectivity index (χ1n) is 6.12. The van der Waals surface area contributed by atoms with E-state index in [9.17, 15) is 13.2 Å². The molecule has 0 saturated carbocycles. The number of anilines is 1. The maximum Gasteiger partial charge on any atom is 0.284 e. The van der Waals surface area contributed by atoms with E-state index >= 15 is 0 Å². The van der Waals surface area contributed by atoms with E-state index in [0.29, 0.717) is 40.0 Å². The molecule has 21 heavy (non-hydrogen) atoms. The Balaban J connectivity index is 1.96. The van der Waals surface area contributed by atoms with Gasteiger partial charge in [-0.1, -0.05) is 11.8 Å². The first-order chi connectivity index (χ1) is 9.95. The summed E-state index contributed by atoms with van der Waals surface area (Å²) in [7, 11) is 0. The van der Waals surface area contributed by atoms with Gasteiger partial charge >= 0.3 is 0 Å². The lowest BCUT2D eigenvalue weighted by atomic mass is 10.2. The molecule has 1 aromatic carbocycles. The molecule has 7 heteroatoms. The van der Waals surface area contributed by atoms with Crippen molar-refractivity contribution in [2.75, 3.05) is 5.32 Å². The molecule has 2 rings (SSSR count). The van der Waals surface area contributed by atoms with Gasteiger partial charge in [0.15, 0.2) is 0 Å². The van der Waals surface area contributed by atoms with Crippen LogP contribution in [0, 0.1) is 12.7 Å². The van der Waals surface area contributed by atoms with Crippen LogP contribution in [0.2, 0.25) is 0 Å². The van der Waals surface area contributed by atoms with E-state index in [1.165, 1.54) is 6.07 Å². The standard InChI is InChI=1S/C14H13BrF3NOS/c1-8-4-11(15)12(16)5-13(8)19-6-9-2-3-10(20-9)7-21-14(17)18/h2-5,14,19H,6-7H2,1H3. The Morgan fingerprint density at radius 2 is 2.00 bits per heavy atom. The van der Waals surface area contributed by atoms with Gasteiger partial charge in [0.25, 0.3) is 5.76 Å². The third-order valence-electron chi connectivity index (χ3n) is 2.79. The normalized spacial score (nSPS) is 11.1. The molecule has 0 aliphatic rings. The van der Waals surface area contributed by atoms with E-state index in [1.807, 2.05) is 6.92 Å². The number of benzene rings is 1. The summed E-state index contributed by atoms with van der Waals surface area (Å²) in [6.07, 6.45) is 0. The van der Waals surface area contributed by atoms with Crippen molar-refractivity contribution in [1.29, 1.82) is 0 Å². The third-order valence-corrected chi connectivity index (χ3v) is 4.10. The average molecular weight is 380 g/mol. The molecule has 0 aliphatic heterocycles. The zero-order valence-electron chi connectivity index (χ0n) is 11.1. The van der Waals surface area contributed by atoms with Crippen molar-refractivity contribution in [3.8, 4) is 0 Å². The zero-order valence-corrected chi connectivity index (χ0v) is 13.5. The number of halogens is 4. The summed E-state index contributed by atoms with van der Waals surface area (Å²) >= 11 is 3.64. The minimum absolute atomic E-state index is 0.129. The molecule has 0 bridgehead atoms. The van der Waals surface area contributed by atoms with Gasteiger partial charge in [0.1, 0.15) is 17.3 Å². The van der Waals surface area contributed by atoms with Crippen LogP contribution in [0.3, 0.4) is 0 Å². The minimum Gasteiger partial charge on any atom is -0.463 e. The van der Waals surface area contributed by atoms with Crippen LogP contribution in [-0.4, -0.2) is 5.76 Å². The summed E-state index contributed by atoms with van der Waals surface area (Å²) in [6.45, 7) is 2.22. The molecule has 114 valence electrons. The monoisotopic (exact) mass is 379 g/mol. The lowest BCUT2D eigenvalue weighted by molar-refractivity contribution is 0.251. The highest BCUT2D eigenvalue weighted by Gasteiger charge is 2.09. The molecule has 1 heterocycles.